The molecule has 4 aromatic rings. The van der Waals surface area contributed by atoms with Crippen LogP contribution in [0.1, 0.15) is 107 Å². The molecule has 4 rings (SSSR count). The zero-order chi connectivity index (χ0) is 28.9. The summed E-state index contributed by atoms with van der Waals surface area (Å²) in [4.78, 5) is 0. The second-order valence-corrected chi connectivity index (χ2v) is 15.5. The fourth-order valence-corrected chi connectivity index (χ4v) is 11.5. The summed E-state index contributed by atoms with van der Waals surface area (Å²) in [6.07, 6.45) is 7.55. The van der Waals surface area contributed by atoms with E-state index in [0.717, 1.165) is 38.5 Å². The van der Waals surface area contributed by atoms with Crippen molar-refractivity contribution in [2.24, 2.45) is 0 Å². The Morgan fingerprint density at radius 1 is 0.523 bits per heavy atom. The van der Waals surface area contributed by atoms with Gasteiger partial charge in [0.25, 0.3) is 0 Å². The topological polar surface area (TPSA) is 0 Å². The molecule has 0 aliphatic rings. The summed E-state index contributed by atoms with van der Waals surface area (Å²) in [6.45, 7) is 18.6. The van der Waals surface area contributed by atoms with E-state index in [2.05, 4.69) is 128 Å². The Labute approximate surface area is 303 Å². The largest absolute Gasteiger partial charge is 4.00 e. The van der Waals surface area contributed by atoms with Crippen molar-refractivity contribution in [3.8, 4) is 0 Å². The molecule has 44 heavy (non-hydrogen) atoms. The number of aryl methyl sites for hydroxylation is 6. The van der Waals surface area contributed by atoms with Gasteiger partial charge in [0.2, 0.25) is 0 Å². The van der Waals surface area contributed by atoms with Gasteiger partial charge in [-0.05, 0) is 71.9 Å². The first-order valence-electron chi connectivity index (χ1n) is 16.0. The van der Waals surface area contributed by atoms with Crippen LogP contribution in [0.5, 0.6) is 0 Å². The average molecular weight is 702 g/mol. The fraction of sp³-hybridized carbons (Fsp3) is 0.410. The number of halogens is 3. The molecule has 1 atom stereocenters. The normalized spacial score (nSPS) is 11.5. The summed E-state index contributed by atoms with van der Waals surface area (Å²) in [5.41, 5.74) is 10.3. The second-order valence-electron chi connectivity index (χ2n) is 11.7. The van der Waals surface area contributed by atoms with Crippen LogP contribution in [0, 0.1) is 0 Å². The molecule has 0 aliphatic carbocycles. The van der Waals surface area contributed by atoms with Crippen molar-refractivity contribution in [3.05, 3.63) is 112 Å². The summed E-state index contributed by atoms with van der Waals surface area (Å²) in [7, 11) is -2.62. The van der Waals surface area contributed by atoms with Crippen LogP contribution in [0.2, 0.25) is 0 Å². The summed E-state index contributed by atoms with van der Waals surface area (Å²) in [5, 5.41) is 6.20. The summed E-state index contributed by atoms with van der Waals surface area (Å²) < 4.78 is 0. The average Bonchev–Trinajstić information content (AvgIpc) is 3.50. The molecule has 0 amide bonds. The minimum atomic E-state index is -2.62. The van der Waals surface area contributed by atoms with Crippen LogP contribution >= 0.6 is 0 Å². The SMILES string of the molecule is CCc1cc(CC)cc([Si](c2cc(CC)cc(CC)c2)(c2cc(CC)cc(CC)c2)[c-]2ccc(C(C)CC)c2)c1.[Cl-].[Cl-].[Cl-].[Ti+4]. The third-order valence-corrected chi connectivity index (χ3v) is 13.9. The second kappa shape index (κ2) is 19.5. The van der Waals surface area contributed by atoms with Crippen molar-refractivity contribution in [2.45, 2.75) is 106 Å². The van der Waals surface area contributed by atoms with Gasteiger partial charge in [-0.1, -0.05) is 138 Å². The van der Waals surface area contributed by atoms with Gasteiger partial charge in [0, 0.05) is 0 Å². The van der Waals surface area contributed by atoms with Crippen LogP contribution in [0.3, 0.4) is 0 Å². The Morgan fingerprint density at radius 3 is 1.07 bits per heavy atom. The van der Waals surface area contributed by atoms with Gasteiger partial charge in [0.05, 0.1) is 0 Å². The molecule has 0 heterocycles. The quantitative estimate of drug-likeness (QED) is 0.0979. The van der Waals surface area contributed by atoms with E-state index >= 15 is 0 Å². The molecule has 0 aliphatic heterocycles. The van der Waals surface area contributed by atoms with Crippen LogP contribution in [0.15, 0.2) is 72.8 Å². The fourth-order valence-electron chi connectivity index (χ4n) is 6.40. The molecule has 0 bridgehead atoms. The minimum absolute atomic E-state index is 0. The standard InChI is InChI=1S/C39H51Si.3ClH.Ti/c1-9-28(8)35-16-17-36(27-35)40(37-21-29(10-2)18-30(11-3)22-37,38-23-31(12-4)19-32(13-5)24-38)39-25-33(14-6)20-34(15-7)26-39;;;;/h16-28H,9-15H2,1-8H3;3*1H;/q-1;;;;+4/p-3. The molecular weight excluding hydrogens is 651 g/mol. The van der Waals surface area contributed by atoms with Crippen LogP contribution in [-0.4, -0.2) is 8.07 Å². The summed E-state index contributed by atoms with van der Waals surface area (Å²) in [5.74, 6) is 0.565. The maximum atomic E-state index is 2.60. The van der Waals surface area contributed by atoms with E-state index in [1.54, 1.807) is 20.7 Å². The van der Waals surface area contributed by atoms with Crippen LogP contribution in [0.25, 0.3) is 0 Å². The maximum Gasteiger partial charge on any atom is 4.00 e. The van der Waals surface area contributed by atoms with Gasteiger partial charge in [0.1, 0.15) is 8.07 Å². The molecule has 0 fully saturated rings. The summed E-state index contributed by atoms with van der Waals surface area (Å²) in [6, 6.07) is 30.3. The molecule has 1 unspecified atom stereocenters. The van der Waals surface area contributed by atoms with Crippen molar-refractivity contribution < 1.29 is 58.9 Å². The Balaban J connectivity index is 0.00000462. The molecule has 0 radical (unpaired) electrons. The molecule has 5 heteroatoms. The maximum absolute atomic E-state index is 2.62. The van der Waals surface area contributed by atoms with Crippen molar-refractivity contribution in [2.75, 3.05) is 0 Å². The molecule has 0 aromatic heterocycles. The molecule has 0 nitrogen and oxygen atoms in total. The van der Waals surface area contributed by atoms with Crippen molar-refractivity contribution in [3.63, 3.8) is 0 Å². The Morgan fingerprint density at radius 2 is 0.818 bits per heavy atom. The van der Waals surface area contributed by atoms with E-state index < -0.39 is 8.07 Å². The first-order valence-corrected chi connectivity index (χ1v) is 18.0. The van der Waals surface area contributed by atoms with Gasteiger partial charge in [-0.3, -0.25) is 0 Å². The third-order valence-electron chi connectivity index (χ3n) is 9.30. The third kappa shape index (κ3) is 8.78. The van der Waals surface area contributed by atoms with Gasteiger partial charge in [0.15, 0.2) is 0 Å². The molecule has 0 spiro atoms. The zero-order valence-corrected chi connectivity index (χ0v) is 32.9. The van der Waals surface area contributed by atoms with E-state index in [-0.39, 0.29) is 58.9 Å². The monoisotopic (exact) mass is 700 g/mol. The first-order chi connectivity index (χ1) is 19.4. The number of benzene rings is 3. The van der Waals surface area contributed by atoms with E-state index in [1.807, 2.05) is 0 Å². The molecule has 236 valence electrons. The van der Waals surface area contributed by atoms with Crippen molar-refractivity contribution in [1.29, 1.82) is 0 Å². The van der Waals surface area contributed by atoms with E-state index in [4.69, 9.17) is 0 Å². The Kier molecular flexibility index (Phi) is 18.9. The van der Waals surface area contributed by atoms with Crippen LogP contribution in [0.4, 0.5) is 0 Å². The first kappa shape index (κ1) is 42.8. The number of hydrogen-bond acceptors (Lipinski definition) is 0. The number of hydrogen-bond donors (Lipinski definition) is 0. The predicted octanol–water partition coefficient (Wildman–Crippen LogP) is -1.32. The van der Waals surface area contributed by atoms with E-state index in [1.165, 1.54) is 45.4 Å². The van der Waals surface area contributed by atoms with Crippen LogP contribution < -0.4 is 58.0 Å². The minimum Gasteiger partial charge on any atom is -1.00 e. The number of rotatable bonds is 12. The zero-order valence-electron chi connectivity index (χ0n) is 28.1. The van der Waals surface area contributed by atoms with Gasteiger partial charge in [-0.15, -0.1) is 5.19 Å². The van der Waals surface area contributed by atoms with Crippen molar-refractivity contribution in [1.82, 2.24) is 0 Å². The predicted molar refractivity (Wildman–Crippen MR) is 181 cm³/mol. The smallest absolute Gasteiger partial charge is 1.00 e. The molecule has 0 saturated heterocycles. The molecule has 0 saturated carbocycles. The van der Waals surface area contributed by atoms with Crippen molar-refractivity contribution >= 4 is 28.8 Å². The Hall–Kier alpha value is -1.19. The van der Waals surface area contributed by atoms with E-state index in [9.17, 15) is 0 Å². The summed E-state index contributed by atoms with van der Waals surface area (Å²) >= 11 is 0. The van der Waals surface area contributed by atoms with Gasteiger partial charge in [-0.25, -0.2) is 6.07 Å². The molecular formula is C39H51Cl3SiTi. The van der Waals surface area contributed by atoms with Gasteiger partial charge < -0.3 is 37.2 Å². The molecule has 4 aromatic carbocycles. The van der Waals surface area contributed by atoms with Crippen LogP contribution in [-0.2, 0) is 60.2 Å². The molecule has 0 N–H and O–H groups in total. The van der Waals surface area contributed by atoms with Gasteiger partial charge >= 0.3 is 21.7 Å². The van der Waals surface area contributed by atoms with Gasteiger partial charge in [-0.2, -0.15) is 17.7 Å². The Bertz CT molecular complexity index is 1240. The van der Waals surface area contributed by atoms with E-state index in [0.29, 0.717) is 5.92 Å².